The summed E-state index contributed by atoms with van der Waals surface area (Å²) < 4.78 is 32.0. The average Bonchev–Trinajstić information content (AvgIpc) is 1.81. The maximum absolute atomic E-state index is 14.1. The van der Waals surface area contributed by atoms with Gasteiger partial charge in [-0.15, -0.1) is 0 Å². The maximum atomic E-state index is 14.1. The number of aliphatic hydroxyl groups is 4. The van der Waals surface area contributed by atoms with Crippen LogP contribution in [0.25, 0.3) is 44.8 Å². The third-order valence-corrected chi connectivity index (χ3v) is 14.1. The number of carboxylic acid groups (broad SMARTS) is 2. The van der Waals surface area contributed by atoms with E-state index in [1.54, 1.807) is 36.4 Å². The van der Waals surface area contributed by atoms with Gasteiger partial charge in [-0.1, -0.05) is 125 Å². The first-order valence-corrected chi connectivity index (χ1v) is 27.5. The van der Waals surface area contributed by atoms with Crippen molar-refractivity contribution < 1.29 is 58.6 Å². The number of halogens is 2. The molecule has 0 saturated carbocycles. The van der Waals surface area contributed by atoms with Crippen LogP contribution in [-0.2, 0) is 22.7 Å². The number of aliphatic carboxylic acids is 2. The zero-order valence-corrected chi connectivity index (χ0v) is 46.7. The van der Waals surface area contributed by atoms with Crippen LogP contribution in [0.4, 0.5) is 20.2 Å². The molecule has 84 heavy (non-hydrogen) atoms. The number of carboxylic acids is 2. The molecule has 2 heterocycles. The Balaban J connectivity index is 0.000000266. The first kappa shape index (κ1) is 65.8. The molecule has 10 N–H and O–H groups in total. The van der Waals surface area contributed by atoms with Gasteiger partial charge in [-0.05, 0) is 126 Å². The van der Waals surface area contributed by atoms with Crippen molar-refractivity contribution >= 4 is 72.9 Å². The Labute approximate surface area is 517 Å². The van der Waals surface area contributed by atoms with Crippen LogP contribution in [0.2, 0.25) is 0 Å². The van der Waals surface area contributed by atoms with Crippen molar-refractivity contribution in [1.29, 1.82) is 0 Å². The minimum absolute atomic E-state index is 0. The second kappa shape index (κ2) is 31.0. The molecule has 0 saturated heterocycles. The monoisotopic (exact) mass is 1170 g/mol. The van der Waals surface area contributed by atoms with E-state index >= 15 is 0 Å². The first-order valence-electron chi connectivity index (χ1n) is 27.5. The van der Waals surface area contributed by atoms with Gasteiger partial charge in [0.25, 0.3) is 11.8 Å². The van der Waals surface area contributed by atoms with E-state index in [0.717, 1.165) is 22.5 Å². The molecule has 0 spiro atoms. The van der Waals surface area contributed by atoms with Crippen molar-refractivity contribution in [2.75, 3.05) is 10.6 Å². The molecule has 1 unspecified atom stereocenters. The second-order valence-electron chi connectivity index (χ2n) is 21.0. The van der Waals surface area contributed by atoms with E-state index in [1.165, 1.54) is 24.3 Å². The molecular weight excluding hydrogens is 1100 g/mol. The van der Waals surface area contributed by atoms with E-state index < -0.39 is 54.6 Å². The number of para-hydroxylation sites is 2. The summed E-state index contributed by atoms with van der Waals surface area (Å²) in [7, 11) is 0. The SMILES string of the molecule is CC(C)c1c(C(=O)Nc2ccccc2)c(-c2ccccc2)c(-c2ccc(F)cc2)n1CC[C@@H](O)C[C@@H](O)C(N)C(=O)O.CC(C)c1c(C(=O)Nc2ccccc2)c(-c2ccccc2)c(-c2ccc(F)cc2)n1CC[C@@H](O)C[C@@H](O)CC(=O)O.[CaH2]. The Bertz CT molecular complexity index is 3440. The number of nitrogens with zero attached hydrogens (tertiary/aromatic N) is 2. The van der Waals surface area contributed by atoms with Crippen LogP contribution in [0.3, 0.4) is 0 Å². The predicted octanol–water partition coefficient (Wildman–Crippen LogP) is 10.6. The summed E-state index contributed by atoms with van der Waals surface area (Å²) >= 11 is 0. The van der Waals surface area contributed by atoms with Crippen molar-refractivity contribution in [3.05, 3.63) is 204 Å². The van der Waals surface area contributed by atoms with Crippen LogP contribution in [0.1, 0.15) is 104 Å². The van der Waals surface area contributed by atoms with Gasteiger partial charge >= 0.3 is 49.7 Å². The van der Waals surface area contributed by atoms with Crippen molar-refractivity contribution in [1.82, 2.24) is 9.13 Å². The fourth-order valence-corrected chi connectivity index (χ4v) is 10.4. The third-order valence-electron chi connectivity index (χ3n) is 14.1. The van der Waals surface area contributed by atoms with Crippen LogP contribution in [0.5, 0.6) is 0 Å². The van der Waals surface area contributed by atoms with Crippen LogP contribution in [0.15, 0.2) is 170 Å². The second-order valence-corrected chi connectivity index (χ2v) is 21.0. The van der Waals surface area contributed by atoms with Crippen molar-refractivity contribution in [3.63, 3.8) is 0 Å². The molecule has 438 valence electrons. The fraction of sp³-hybridized carbons (Fsp3) is 0.273. The molecule has 8 rings (SSSR count). The molecular formula is C66H73CaF2N5O10. The molecule has 2 aromatic heterocycles. The molecule has 0 fully saturated rings. The van der Waals surface area contributed by atoms with Gasteiger partial charge in [0.05, 0.1) is 53.4 Å². The Kier molecular flexibility index (Phi) is 24.3. The standard InChI is InChI=1S/C33H36FN3O5.C33H35FN2O5.Ca.2H/c1-20(2)30-28(32(40)36-24-11-7-4-8-12-24)27(21-9-5-3-6-10-21)31(22-13-15-23(34)16-14-22)37(30)18-17-25(38)19-26(39)29(35)33(41)42;1-21(2)31-30(33(41)35-25-11-7-4-8-12-25)29(22-9-5-3-6-10-22)32(23-13-15-24(34)16-14-23)36(31)18-17-26(37)19-27(38)20-28(39)40;;;/h3-16,20,25-26,29,38-39H,17-19,35H2,1-2H3,(H,36,40)(H,41,42);3-16,21,26-27,37-38H,17-20H2,1-2H3,(H,35,41)(H,39,40);;;/t25-,26-,29?;26-,27-;;;/m11.../s1. The number of hydrogen-bond acceptors (Lipinski definition) is 9. The number of anilines is 2. The summed E-state index contributed by atoms with van der Waals surface area (Å²) in [6.45, 7) is 8.43. The first-order chi connectivity index (χ1) is 39.7. The van der Waals surface area contributed by atoms with Crippen molar-refractivity contribution in [2.24, 2.45) is 5.73 Å². The number of carbonyl (C=O) groups is 4. The number of nitrogens with one attached hydrogen (secondary N) is 2. The van der Waals surface area contributed by atoms with Crippen LogP contribution in [0, 0.1) is 11.6 Å². The summed E-state index contributed by atoms with van der Waals surface area (Å²) in [6, 6.07) is 47.9. The molecule has 15 nitrogen and oxygen atoms in total. The minimum atomic E-state index is -1.52. The van der Waals surface area contributed by atoms with E-state index in [4.69, 9.17) is 15.9 Å². The van der Waals surface area contributed by atoms with Gasteiger partial charge < -0.3 is 56.1 Å². The number of nitrogens with two attached hydrogens (primary N) is 1. The molecule has 0 bridgehead atoms. The van der Waals surface area contributed by atoms with Gasteiger partial charge in [-0.3, -0.25) is 19.2 Å². The van der Waals surface area contributed by atoms with E-state index in [2.05, 4.69) is 10.6 Å². The van der Waals surface area contributed by atoms with Gasteiger partial charge in [0.1, 0.15) is 17.7 Å². The van der Waals surface area contributed by atoms with Crippen LogP contribution in [-0.4, -0.2) is 132 Å². The molecule has 18 heteroatoms. The quantitative estimate of drug-likeness (QED) is 0.0257. The predicted molar refractivity (Wildman–Crippen MR) is 326 cm³/mol. The number of rotatable bonds is 24. The Morgan fingerprint density at radius 2 is 0.833 bits per heavy atom. The number of aliphatic hydroxyl groups excluding tert-OH is 4. The summed E-state index contributed by atoms with van der Waals surface area (Å²) in [5, 5.41) is 65.9. The molecule has 0 aliphatic carbocycles. The van der Waals surface area contributed by atoms with Gasteiger partial charge in [-0.2, -0.15) is 0 Å². The number of amides is 2. The van der Waals surface area contributed by atoms with Gasteiger partial charge in [0, 0.05) is 53.4 Å². The van der Waals surface area contributed by atoms with Crippen molar-refractivity contribution in [2.45, 2.75) is 115 Å². The topological polar surface area (TPSA) is 250 Å². The zero-order chi connectivity index (χ0) is 59.9. The van der Waals surface area contributed by atoms with E-state index in [1.807, 2.05) is 146 Å². The Hall–Kier alpha value is -7.32. The van der Waals surface area contributed by atoms with Crippen LogP contribution < -0.4 is 16.4 Å². The molecule has 0 aliphatic heterocycles. The number of hydrogen-bond donors (Lipinski definition) is 9. The normalized spacial score (nSPS) is 13.0. The summed E-state index contributed by atoms with van der Waals surface area (Å²) in [5.74, 6) is -4.14. The molecule has 5 atom stereocenters. The molecule has 2 amide bonds. The molecule has 8 aromatic rings. The van der Waals surface area contributed by atoms with Gasteiger partial charge in [0.15, 0.2) is 0 Å². The summed E-state index contributed by atoms with van der Waals surface area (Å²) in [4.78, 5) is 50.3. The molecule has 0 aliphatic rings. The zero-order valence-electron chi connectivity index (χ0n) is 46.7. The number of carbonyl (C=O) groups excluding carboxylic acids is 2. The molecule has 0 radical (unpaired) electrons. The van der Waals surface area contributed by atoms with E-state index in [0.29, 0.717) is 56.1 Å². The Morgan fingerprint density at radius 1 is 0.488 bits per heavy atom. The fourth-order valence-electron chi connectivity index (χ4n) is 10.4. The van der Waals surface area contributed by atoms with Crippen LogP contribution >= 0.6 is 0 Å². The van der Waals surface area contributed by atoms with Gasteiger partial charge in [-0.25, -0.2) is 8.78 Å². The van der Waals surface area contributed by atoms with E-state index in [-0.39, 0.29) is 106 Å². The number of benzene rings is 6. The molecule has 6 aromatic carbocycles. The average molecular weight is 1170 g/mol. The summed E-state index contributed by atoms with van der Waals surface area (Å²) in [5.41, 5.74) is 14.9. The summed E-state index contributed by atoms with van der Waals surface area (Å²) in [6.07, 6.45) is -5.11. The van der Waals surface area contributed by atoms with Gasteiger partial charge in [0.2, 0.25) is 0 Å². The van der Waals surface area contributed by atoms with Crippen molar-refractivity contribution in [3.8, 4) is 44.8 Å². The third kappa shape index (κ3) is 16.9. The number of aromatic nitrogens is 2. The Morgan fingerprint density at radius 3 is 1.17 bits per heavy atom. The van der Waals surface area contributed by atoms with E-state index in [9.17, 15) is 48.4 Å².